The van der Waals surface area contributed by atoms with Crippen LogP contribution in [0.3, 0.4) is 0 Å². The highest BCUT2D eigenvalue weighted by molar-refractivity contribution is 5.46. The zero-order chi connectivity index (χ0) is 14.9. The third kappa shape index (κ3) is 4.49. The summed E-state index contributed by atoms with van der Waals surface area (Å²) in [5.74, 6) is 1.62. The molecule has 0 bridgehead atoms. The molecule has 0 saturated carbocycles. The van der Waals surface area contributed by atoms with Crippen molar-refractivity contribution in [2.45, 2.75) is 26.4 Å². The summed E-state index contributed by atoms with van der Waals surface area (Å²) in [6.07, 6.45) is 4.82. The normalized spacial score (nSPS) is 10.6. The molecule has 0 aliphatic carbocycles. The highest BCUT2D eigenvalue weighted by atomic mass is 16.5. The van der Waals surface area contributed by atoms with Crippen molar-refractivity contribution >= 4 is 0 Å². The minimum absolute atomic E-state index is 0.636. The van der Waals surface area contributed by atoms with Crippen molar-refractivity contribution < 1.29 is 9.47 Å². The number of ether oxygens (including phenoxy) is 2. The fraction of sp³-hybridized carbons (Fsp3) is 0.438. The van der Waals surface area contributed by atoms with Crippen LogP contribution in [-0.4, -0.2) is 30.0 Å². The van der Waals surface area contributed by atoms with Crippen LogP contribution in [0, 0.1) is 0 Å². The Morgan fingerprint density at radius 1 is 1.29 bits per heavy atom. The Bertz CT molecular complexity index is 526. The predicted octanol–water partition coefficient (Wildman–Crippen LogP) is 2.47. The summed E-state index contributed by atoms with van der Waals surface area (Å²) < 4.78 is 13.0. The van der Waals surface area contributed by atoms with Crippen molar-refractivity contribution in [3.05, 3.63) is 42.2 Å². The second-order valence-electron chi connectivity index (χ2n) is 4.68. The zero-order valence-corrected chi connectivity index (χ0v) is 12.7. The lowest BCUT2D eigenvalue weighted by Crippen LogP contribution is -2.17. The molecule has 0 aliphatic heterocycles. The van der Waals surface area contributed by atoms with E-state index in [2.05, 4.69) is 16.5 Å². The van der Waals surface area contributed by atoms with Gasteiger partial charge in [0.2, 0.25) is 0 Å². The van der Waals surface area contributed by atoms with Crippen molar-refractivity contribution in [1.82, 2.24) is 15.1 Å². The molecule has 1 aromatic heterocycles. The number of nitrogens with zero attached hydrogens (tertiary/aromatic N) is 2. The van der Waals surface area contributed by atoms with Crippen LogP contribution in [0.4, 0.5) is 0 Å². The Hall–Kier alpha value is -2.01. The Labute approximate surface area is 125 Å². The minimum atomic E-state index is 0.636. The number of methoxy groups -OCH3 is 1. The van der Waals surface area contributed by atoms with E-state index in [1.54, 1.807) is 13.3 Å². The molecule has 0 spiro atoms. The van der Waals surface area contributed by atoms with Gasteiger partial charge >= 0.3 is 0 Å². The Balaban J connectivity index is 1.80. The molecule has 1 aromatic carbocycles. The van der Waals surface area contributed by atoms with Crippen LogP contribution in [0.1, 0.15) is 18.9 Å². The van der Waals surface area contributed by atoms with E-state index in [-0.39, 0.29) is 0 Å². The first-order valence-electron chi connectivity index (χ1n) is 7.32. The monoisotopic (exact) mass is 289 g/mol. The highest BCUT2D eigenvalue weighted by Crippen LogP contribution is 2.30. The number of rotatable bonds is 9. The van der Waals surface area contributed by atoms with E-state index in [1.165, 1.54) is 0 Å². The van der Waals surface area contributed by atoms with E-state index in [0.717, 1.165) is 43.1 Å². The van der Waals surface area contributed by atoms with Gasteiger partial charge in [-0.05, 0) is 32.0 Å². The molecule has 2 aromatic rings. The second kappa shape index (κ2) is 8.32. The molecule has 0 atom stereocenters. The largest absolute Gasteiger partial charge is 0.493 e. The molecule has 0 saturated heterocycles. The minimum Gasteiger partial charge on any atom is -0.493 e. The molecular weight excluding hydrogens is 266 g/mol. The van der Waals surface area contributed by atoms with Gasteiger partial charge in [-0.2, -0.15) is 5.10 Å². The maximum Gasteiger partial charge on any atom is 0.165 e. The molecule has 0 radical (unpaired) electrons. The summed E-state index contributed by atoms with van der Waals surface area (Å²) in [5, 5.41) is 7.62. The Kier molecular flexibility index (Phi) is 6.09. The summed E-state index contributed by atoms with van der Waals surface area (Å²) in [6.45, 7) is 5.23. The Morgan fingerprint density at radius 2 is 2.19 bits per heavy atom. The van der Waals surface area contributed by atoms with Gasteiger partial charge in [-0.15, -0.1) is 0 Å². The first kappa shape index (κ1) is 15.4. The topological polar surface area (TPSA) is 48.3 Å². The van der Waals surface area contributed by atoms with Crippen LogP contribution in [-0.2, 0) is 13.1 Å². The van der Waals surface area contributed by atoms with Gasteiger partial charge in [-0.3, -0.25) is 4.68 Å². The number of aryl methyl sites for hydroxylation is 1. The quantitative estimate of drug-likeness (QED) is 0.720. The molecule has 5 nitrogen and oxygen atoms in total. The van der Waals surface area contributed by atoms with Crippen molar-refractivity contribution in [1.29, 1.82) is 0 Å². The van der Waals surface area contributed by atoms with E-state index in [0.29, 0.717) is 6.61 Å². The van der Waals surface area contributed by atoms with Gasteiger partial charge in [0, 0.05) is 31.0 Å². The molecular formula is C16H23N3O2. The fourth-order valence-electron chi connectivity index (χ4n) is 2.22. The van der Waals surface area contributed by atoms with Crippen LogP contribution in [0.5, 0.6) is 11.5 Å². The van der Waals surface area contributed by atoms with Crippen LogP contribution in [0.15, 0.2) is 36.7 Å². The average Bonchev–Trinajstić information content (AvgIpc) is 3.01. The van der Waals surface area contributed by atoms with Crippen molar-refractivity contribution in [3.8, 4) is 11.5 Å². The van der Waals surface area contributed by atoms with Gasteiger partial charge in [-0.25, -0.2) is 0 Å². The lowest BCUT2D eigenvalue weighted by molar-refractivity contribution is 0.308. The summed E-state index contributed by atoms with van der Waals surface area (Å²) in [7, 11) is 1.68. The van der Waals surface area contributed by atoms with Crippen LogP contribution < -0.4 is 14.8 Å². The average molecular weight is 289 g/mol. The molecule has 114 valence electrons. The van der Waals surface area contributed by atoms with Crippen LogP contribution in [0.2, 0.25) is 0 Å². The van der Waals surface area contributed by atoms with E-state index in [1.807, 2.05) is 36.0 Å². The van der Waals surface area contributed by atoms with Gasteiger partial charge in [0.05, 0.1) is 13.7 Å². The van der Waals surface area contributed by atoms with E-state index in [4.69, 9.17) is 9.47 Å². The van der Waals surface area contributed by atoms with Crippen molar-refractivity contribution in [3.63, 3.8) is 0 Å². The van der Waals surface area contributed by atoms with Crippen molar-refractivity contribution in [2.75, 3.05) is 20.3 Å². The highest BCUT2D eigenvalue weighted by Gasteiger charge is 2.09. The third-order valence-electron chi connectivity index (χ3n) is 3.18. The smallest absolute Gasteiger partial charge is 0.165 e. The molecule has 21 heavy (non-hydrogen) atoms. The lowest BCUT2D eigenvalue weighted by Gasteiger charge is -2.14. The summed E-state index contributed by atoms with van der Waals surface area (Å²) in [5.41, 5.74) is 1.11. The maximum atomic E-state index is 5.58. The van der Waals surface area contributed by atoms with Gasteiger partial charge < -0.3 is 14.8 Å². The molecule has 1 N–H and O–H groups in total. The second-order valence-corrected chi connectivity index (χ2v) is 4.68. The van der Waals surface area contributed by atoms with Gasteiger partial charge in [0.25, 0.3) is 0 Å². The number of aromatic nitrogens is 2. The van der Waals surface area contributed by atoms with E-state index >= 15 is 0 Å². The predicted molar refractivity (Wildman–Crippen MR) is 82.7 cm³/mol. The van der Waals surface area contributed by atoms with E-state index in [9.17, 15) is 0 Å². The SMILES string of the molecule is CCOc1cccc(CNCCCn2cccn2)c1OC. The summed E-state index contributed by atoms with van der Waals surface area (Å²) in [4.78, 5) is 0. The summed E-state index contributed by atoms with van der Waals surface area (Å²) >= 11 is 0. The molecule has 0 aliphatic rings. The van der Waals surface area contributed by atoms with Gasteiger partial charge in [-0.1, -0.05) is 12.1 Å². The first-order valence-corrected chi connectivity index (χ1v) is 7.32. The first-order chi connectivity index (χ1) is 10.3. The number of nitrogens with one attached hydrogen (secondary N) is 1. The molecule has 0 amide bonds. The van der Waals surface area contributed by atoms with Crippen LogP contribution in [0.25, 0.3) is 0 Å². The van der Waals surface area contributed by atoms with E-state index < -0.39 is 0 Å². The van der Waals surface area contributed by atoms with Gasteiger partial charge in [0.15, 0.2) is 11.5 Å². The standard InChI is InChI=1S/C16H23N3O2/c1-3-21-15-8-4-7-14(16(15)20-2)13-17-9-5-11-19-12-6-10-18-19/h4,6-8,10,12,17H,3,5,9,11,13H2,1-2H3. The molecule has 0 fully saturated rings. The maximum absolute atomic E-state index is 5.58. The number of para-hydroxylation sites is 1. The summed E-state index contributed by atoms with van der Waals surface area (Å²) in [6, 6.07) is 7.93. The number of benzene rings is 1. The van der Waals surface area contributed by atoms with Gasteiger partial charge in [0.1, 0.15) is 0 Å². The molecule has 5 heteroatoms. The zero-order valence-electron chi connectivity index (χ0n) is 12.7. The molecule has 1 heterocycles. The molecule has 0 unspecified atom stereocenters. The molecule has 2 rings (SSSR count). The fourth-order valence-corrected chi connectivity index (χ4v) is 2.22. The Morgan fingerprint density at radius 3 is 2.90 bits per heavy atom. The third-order valence-corrected chi connectivity index (χ3v) is 3.18. The number of hydrogen-bond donors (Lipinski definition) is 1. The lowest BCUT2D eigenvalue weighted by atomic mass is 10.2. The van der Waals surface area contributed by atoms with Crippen molar-refractivity contribution in [2.24, 2.45) is 0 Å². The van der Waals surface area contributed by atoms with Crippen LogP contribution >= 0.6 is 0 Å². The number of hydrogen-bond acceptors (Lipinski definition) is 4.